The summed E-state index contributed by atoms with van der Waals surface area (Å²) in [6, 6.07) is 10.1. The highest BCUT2D eigenvalue weighted by Crippen LogP contribution is 2.30. The van der Waals surface area contributed by atoms with Crippen molar-refractivity contribution in [1.29, 1.82) is 5.26 Å². The summed E-state index contributed by atoms with van der Waals surface area (Å²) in [7, 11) is 0. The molecule has 2 nitrogen and oxygen atoms in total. The van der Waals surface area contributed by atoms with Crippen LogP contribution in [0, 0.1) is 31.0 Å². The van der Waals surface area contributed by atoms with Gasteiger partial charge in [0.05, 0.1) is 5.56 Å². The summed E-state index contributed by atoms with van der Waals surface area (Å²) in [4.78, 5) is 5.11. The highest BCUT2D eigenvalue weighted by atomic mass is 32.2. The largest absolute Gasteiger partial charge is 0.246 e. The third-order valence-corrected chi connectivity index (χ3v) is 3.35. The van der Waals surface area contributed by atoms with Crippen molar-refractivity contribution < 1.29 is 4.39 Å². The minimum absolute atomic E-state index is 0.334. The zero-order valence-electron chi connectivity index (χ0n) is 10.1. The molecule has 0 atom stereocenters. The number of hydrogen-bond donors (Lipinski definition) is 0. The second-order valence-electron chi connectivity index (χ2n) is 3.98. The monoisotopic (exact) mass is 258 g/mol. The molecule has 0 saturated carbocycles. The predicted molar refractivity (Wildman–Crippen MR) is 68.9 cm³/mol. The molecular formula is C14H11FN2S. The number of rotatable bonds is 2. The Bertz CT molecular complexity index is 612. The molecule has 0 radical (unpaired) electrons. The molecule has 2 aromatic rings. The van der Waals surface area contributed by atoms with Crippen molar-refractivity contribution in [3.05, 3.63) is 53.0 Å². The van der Waals surface area contributed by atoms with Gasteiger partial charge in [-0.25, -0.2) is 9.37 Å². The molecule has 4 heteroatoms. The third-order valence-electron chi connectivity index (χ3n) is 2.35. The SMILES string of the molecule is Cc1cc(C)nc(Sc2ccc(F)cc2C#N)c1. The van der Waals surface area contributed by atoms with Gasteiger partial charge in [-0.3, -0.25) is 0 Å². The van der Waals surface area contributed by atoms with Gasteiger partial charge >= 0.3 is 0 Å². The van der Waals surface area contributed by atoms with Crippen molar-refractivity contribution in [2.75, 3.05) is 0 Å². The number of benzene rings is 1. The summed E-state index contributed by atoms with van der Waals surface area (Å²) in [5, 5.41) is 9.80. The van der Waals surface area contributed by atoms with E-state index in [1.54, 1.807) is 6.07 Å². The van der Waals surface area contributed by atoms with Crippen LogP contribution in [0.4, 0.5) is 4.39 Å². The topological polar surface area (TPSA) is 36.7 Å². The molecule has 0 fully saturated rings. The normalized spacial score (nSPS) is 10.1. The molecule has 0 unspecified atom stereocenters. The molecule has 0 saturated heterocycles. The van der Waals surface area contributed by atoms with Crippen LogP contribution in [-0.4, -0.2) is 4.98 Å². The number of hydrogen-bond acceptors (Lipinski definition) is 3. The smallest absolute Gasteiger partial charge is 0.124 e. The first-order chi connectivity index (χ1) is 8.58. The van der Waals surface area contributed by atoms with Gasteiger partial charge in [-0.15, -0.1) is 0 Å². The van der Waals surface area contributed by atoms with Crippen LogP contribution < -0.4 is 0 Å². The summed E-state index contributed by atoms with van der Waals surface area (Å²) < 4.78 is 13.0. The van der Waals surface area contributed by atoms with E-state index in [-0.39, 0.29) is 0 Å². The minimum atomic E-state index is -0.399. The molecule has 18 heavy (non-hydrogen) atoms. The van der Waals surface area contributed by atoms with Crippen LogP contribution in [0.15, 0.2) is 40.3 Å². The molecular weight excluding hydrogens is 247 g/mol. The zero-order chi connectivity index (χ0) is 13.1. The fraction of sp³-hybridized carbons (Fsp3) is 0.143. The summed E-state index contributed by atoms with van der Waals surface area (Å²) in [6.45, 7) is 3.92. The van der Waals surface area contributed by atoms with E-state index in [4.69, 9.17) is 5.26 Å². The van der Waals surface area contributed by atoms with Crippen molar-refractivity contribution in [1.82, 2.24) is 4.98 Å². The van der Waals surface area contributed by atoms with Gasteiger partial charge in [0.25, 0.3) is 0 Å². The van der Waals surface area contributed by atoms with Gasteiger partial charge in [-0.1, -0.05) is 11.8 Å². The standard InChI is InChI=1S/C14H11FN2S/c1-9-5-10(2)17-14(6-9)18-13-4-3-12(15)7-11(13)8-16/h3-7H,1-2H3. The average molecular weight is 258 g/mol. The number of nitrogens with zero attached hydrogens (tertiary/aromatic N) is 2. The van der Waals surface area contributed by atoms with Gasteiger partial charge in [0.1, 0.15) is 16.9 Å². The van der Waals surface area contributed by atoms with Gasteiger partial charge < -0.3 is 0 Å². The lowest BCUT2D eigenvalue weighted by Crippen LogP contribution is -1.89. The molecule has 0 spiro atoms. The molecule has 90 valence electrons. The predicted octanol–water partition coefficient (Wildman–Crippen LogP) is 3.86. The minimum Gasteiger partial charge on any atom is -0.246 e. The molecule has 0 bridgehead atoms. The van der Waals surface area contributed by atoms with Gasteiger partial charge in [-0.05, 0) is 49.7 Å². The Kier molecular flexibility index (Phi) is 3.63. The molecule has 1 aromatic carbocycles. The van der Waals surface area contributed by atoms with Gasteiger partial charge in [0.2, 0.25) is 0 Å². The lowest BCUT2D eigenvalue weighted by atomic mass is 10.2. The second-order valence-corrected chi connectivity index (χ2v) is 5.04. The van der Waals surface area contributed by atoms with E-state index < -0.39 is 5.82 Å². The average Bonchev–Trinajstić information content (AvgIpc) is 2.30. The van der Waals surface area contributed by atoms with Crippen LogP contribution in [0.25, 0.3) is 0 Å². The Morgan fingerprint density at radius 2 is 2.00 bits per heavy atom. The van der Waals surface area contributed by atoms with Gasteiger partial charge in [-0.2, -0.15) is 5.26 Å². The number of pyridine rings is 1. The summed E-state index contributed by atoms with van der Waals surface area (Å²) in [5.74, 6) is -0.399. The van der Waals surface area contributed by atoms with E-state index in [0.29, 0.717) is 5.56 Å². The van der Waals surface area contributed by atoms with E-state index >= 15 is 0 Å². The Hall–Kier alpha value is -1.86. The first-order valence-electron chi connectivity index (χ1n) is 5.41. The van der Waals surface area contributed by atoms with Crippen LogP contribution in [0.3, 0.4) is 0 Å². The number of halogens is 1. The molecule has 0 aliphatic carbocycles. The Labute approximate surface area is 109 Å². The van der Waals surface area contributed by atoms with Crippen LogP contribution in [0.2, 0.25) is 0 Å². The van der Waals surface area contributed by atoms with E-state index in [1.165, 1.54) is 23.9 Å². The Morgan fingerprint density at radius 3 is 2.67 bits per heavy atom. The first-order valence-corrected chi connectivity index (χ1v) is 6.23. The van der Waals surface area contributed by atoms with Crippen molar-refractivity contribution in [2.24, 2.45) is 0 Å². The summed E-state index contributed by atoms with van der Waals surface area (Å²) >= 11 is 1.38. The lowest BCUT2D eigenvalue weighted by Gasteiger charge is -2.05. The van der Waals surface area contributed by atoms with E-state index in [0.717, 1.165) is 21.2 Å². The Balaban J connectivity index is 2.37. The van der Waals surface area contributed by atoms with Crippen LogP contribution in [0.5, 0.6) is 0 Å². The fourth-order valence-electron chi connectivity index (χ4n) is 1.65. The highest BCUT2D eigenvalue weighted by molar-refractivity contribution is 7.99. The van der Waals surface area contributed by atoms with Crippen LogP contribution in [-0.2, 0) is 0 Å². The highest BCUT2D eigenvalue weighted by Gasteiger charge is 2.07. The first kappa shape index (κ1) is 12.6. The third kappa shape index (κ3) is 2.88. The fourth-order valence-corrected chi connectivity index (χ4v) is 2.66. The number of nitriles is 1. The molecule has 2 rings (SSSR count). The molecule has 0 N–H and O–H groups in total. The van der Waals surface area contributed by atoms with E-state index in [9.17, 15) is 4.39 Å². The van der Waals surface area contributed by atoms with Crippen molar-refractivity contribution in [3.8, 4) is 6.07 Å². The maximum atomic E-state index is 13.0. The maximum Gasteiger partial charge on any atom is 0.124 e. The summed E-state index contributed by atoms with van der Waals surface area (Å²) in [5.41, 5.74) is 2.38. The lowest BCUT2D eigenvalue weighted by molar-refractivity contribution is 0.626. The van der Waals surface area contributed by atoms with Crippen molar-refractivity contribution in [3.63, 3.8) is 0 Å². The second kappa shape index (κ2) is 5.19. The van der Waals surface area contributed by atoms with E-state index in [1.807, 2.05) is 32.0 Å². The molecule has 0 amide bonds. The molecule has 1 aromatic heterocycles. The van der Waals surface area contributed by atoms with Crippen LogP contribution in [0.1, 0.15) is 16.8 Å². The quantitative estimate of drug-likeness (QED) is 0.820. The zero-order valence-corrected chi connectivity index (χ0v) is 10.9. The van der Waals surface area contributed by atoms with Gasteiger partial charge in [0, 0.05) is 10.6 Å². The number of aryl methyl sites for hydroxylation is 2. The molecule has 0 aliphatic rings. The van der Waals surface area contributed by atoms with Crippen LogP contribution >= 0.6 is 11.8 Å². The summed E-state index contributed by atoms with van der Waals surface area (Å²) in [6.07, 6.45) is 0. The number of aromatic nitrogens is 1. The maximum absolute atomic E-state index is 13.0. The molecule has 0 aliphatic heterocycles. The Morgan fingerprint density at radius 1 is 1.22 bits per heavy atom. The van der Waals surface area contributed by atoms with E-state index in [2.05, 4.69) is 4.98 Å². The van der Waals surface area contributed by atoms with Gasteiger partial charge in [0.15, 0.2) is 0 Å². The van der Waals surface area contributed by atoms with Crippen molar-refractivity contribution in [2.45, 2.75) is 23.8 Å². The molecule has 1 heterocycles. The van der Waals surface area contributed by atoms with Crippen molar-refractivity contribution >= 4 is 11.8 Å².